The number of aryl methyl sites for hydroxylation is 1. The first-order chi connectivity index (χ1) is 7.54. The molecule has 0 heterocycles. The Morgan fingerprint density at radius 2 is 2.12 bits per heavy atom. The summed E-state index contributed by atoms with van der Waals surface area (Å²) in [5.74, 6) is -0.264. The van der Waals surface area contributed by atoms with Gasteiger partial charge in [-0.1, -0.05) is 12.1 Å². The number of hydrogen-bond donors (Lipinski definition) is 2. The smallest absolute Gasteiger partial charge is 0.126 e. The molecule has 0 bridgehead atoms. The fourth-order valence-corrected chi connectivity index (χ4v) is 1.54. The summed E-state index contributed by atoms with van der Waals surface area (Å²) >= 11 is 0. The lowest BCUT2D eigenvalue weighted by molar-refractivity contribution is 0.115. The van der Waals surface area contributed by atoms with Crippen LogP contribution in [0.4, 0.5) is 4.39 Å². The Bertz CT molecular complexity index is 344. The predicted molar refractivity (Wildman–Crippen MR) is 60.7 cm³/mol. The Hall–Kier alpha value is -0.970. The molecule has 1 aromatic rings. The number of nitrogens with zero attached hydrogens (tertiary/aromatic N) is 1. The van der Waals surface area contributed by atoms with Gasteiger partial charge in [0, 0.05) is 13.1 Å². The van der Waals surface area contributed by atoms with Crippen LogP contribution >= 0.6 is 0 Å². The van der Waals surface area contributed by atoms with Crippen LogP contribution < -0.4 is 0 Å². The monoisotopic (exact) mass is 227 g/mol. The Kier molecular flexibility index (Phi) is 4.86. The van der Waals surface area contributed by atoms with Gasteiger partial charge in [-0.25, -0.2) is 4.39 Å². The van der Waals surface area contributed by atoms with Gasteiger partial charge >= 0.3 is 0 Å². The molecule has 1 atom stereocenters. The van der Waals surface area contributed by atoms with Crippen molar-refractivity contribution in [3.05, 3.63) is 35.1 Å². The van der Waals surface area contributed by atoms with Crippen molar-refractivity contribution in [3.63, 3.8) is 0 Å². The third-order valence-electron chi connectivity index (χ3n) is 2.53. The van der Waals surface area contributed by atoms with Crippen molar-refractivity contribution in [3.8, 4) is 0 Å². The van der Waals surface area contributed by atoms with Crippen LogP contribution in [0.1, 0.15) is 17.2 Å². The van der Waals surface area contributed by atoms with E-state index in [1.807, 2.05) is 11.9 Å². The van der Waals surface area contributed by atoms with Crippen LogP contribution in [0.5, 0.6) is 0 Å². The number of aliphatic hydroxyl groups excluding tert-OH is 2. The van der Waals surface area contributed by atoms with Gasteiger partial charge in [-0.3, -0.25) is 0 Å². The highest BCUT2D eigenvalue weighted by Gasteiger charge is 2.11. The molecule has 0 saturated carbocycles. The number of hydrogen-bond acceptors (Lipinski definition) is 3. The average Bonchev–Trinajstić information content (AvgIpc) is 2.22. The summed E-state index contributed by atoms with van der Waals surface area (Å²) in [4.78, 5) is 1.82. The summed E-state index contributed by atoms with van der Waals surface area (Å²) in [5, 5.41) is 18.6. The minimum atomic E-state index is -0.657. The minimum absolute atomic E-state index is 0.0612. The van der Waals surface area contributed by atoms with E-state index in [1.165, 1.54) is 6.07 Å². The lowest BCUT2D eigenvalue weighted by atomic mass is 10.1. The van der Waals surface area contributed by atoms with Crippen molar-refractivity contribution in [2.24, 2.45) is 0 Å². The Balaban J connectivity index is 2.65. The number of rotatable bonds is 5. The molecule has 3 nitrogen and oxygen atoms in total. The summed E-state index contributed by atoms with van der Waals surface area (Å²) < 4.78 is 13.0. The summed E-state index contributed by atoms with van der Waals surface area (Å²) in [5.41, 5.74) is 1.23. The molecule has 0 aromatic heterocycles. The predicted octanol–water partition coefficient (Wildman–Crippen LogP) is 1.09. The molecular weight excluding hydrogens is 209 g/mol. The number of aliphatic hydroxyl groups is 2. The molecule has 0 amide bonds. The molecule has 0 aliphatic carbocycles. The maximum absolute atomic E-state index is 13.0. The van der Waals surface area contributed by atoms with Crippen LogP contribution in [-0.2, 0) is 0 Å². The molecule has 0 radical (unpaired) electrons. The van der Waals surface area contributed by atoms with Crippen molar-refractivity contribution < 1.29 is 14.6 Å². The number of halogens is 1. The first-order valence-electron chi connectivity index (χ1n) is 5.28. The molecule has 1 aromatic carbocycles. The topological polar surface area (TPSA) is 43.7 Å². The minimum Gasteiger partial charge on any atom is -0.395 e. The lowest BCUT2D eigenvalue weighted by Crippen LogP contribution is -2.27. The van der Waals surface area contributed by atoms with Gasteiger partial charge in [0.15, 0.2) is 0 Å². The number of likely N-dealkylation sites (N-methyl/N-ethyl adjacent to an activating group) is 1. The highest BCUT2D eigenvalue weighted by atomic mass is 19.1. The van der Waals surface area contributed by atoms with E-state index in [1.54, 1.807) is 19.1 Å². The van der Waals surface area contributed by atoms with Crippen molar-refractivity contribution in [1.29, 1.82) is 0 Å². The number of benzene rings is 1. The van der Waals surface area contributed by atoms with Gasteiger partial charge in [0.1, 0.15) is 5.82 Å². The second kappa shape index (κ2) is 5.94. The van der Waals surface area contributed by atoms with Gasteiger partial charge in [0.05, 0.1) is 12.7 Å². The van der Waals surface area contributed by atoms with Crippen molar-refractivity contribution in [2.45, 2.75) is 13.0 Å². The van der Waals surface area contributed by atoms with E-state index in [4.69, 9.17) is 5.11 Å². The van der Waals surface area contributed by atoms with Gasteiger partial charge in [-0.15, -0.1) is 0 Å². The van der Waals surface area contributed by atoms with E-state index < -0.39 is 6.10 Å². The molecule has 16 heavy (non-hydrogen) atoms. The summed E-state index contributed by atoms with van der Waals surface area (Å²) in [7, 11) is 1.82. The van der Waals surface area contributed by atoms with E-state index >= 15 is 0 Å². The first kappa shape index (κ1) is 13.1. The second-order valence-electron chi connectivity index (χ2n) is 4.01. The summed E-state index contributed by atoms with van der Waals surface area (Å²) in [6.07, 6.45) is -0.657. The first-order valence-corrected chi connectivity index (χ1v) is 5.28. The third-order valence-corrected chi connectivity index (χ3v) is 2.53. The van der Waals surface area contributed by atoms with E-state index in [2.05, 4.69) is 0 Å². The third kappa shape index (κ3) is 3.56. The highest BCUT2D eigenvalue weighted by Crippen LogP contribution is 2.17. The Morgan fingerprint density at radius 3 is 2.69 bits per heavy atom. The van der Waals surface area contributed by atoms with Gasteiger partial charge in [-0.2, -0.15) is 0 Å². The molecular formula is C12H18FNO2. The maximum Gasteiger partial charge on any atom is 0.126 e. The van der Waals surface area contributed by atoms with E-state index in [9.17, 15) is 9.50 Å². The molecule has 0 spiro atoms. The van der Waals surface area contributed by atoms with Crippen LogP contribution in [0.25, 0.3) is 0 Å². The Morgan fingerprint density at radius 1 is 1.44 bits per heavy atom. The molecule has 4 heteroatoms. The molecule has 90 valence electrons. The van der Waals surface area contributed by atoms with Crippen molar-refractivity contribution >= 4 is 0 Å². The van der Waals surface area contributed by atoms with Gasteiger partial charge in [-0.05, 0) is 31.2 Å². The average molecular weight is 227 g/mol. The standard InChI is InChI=1S/C12H18FNO2/c1-9-7-10(3-4-11(9)13)12(16)8-14(2)5-6-15/h3-4,7,12,15-16H,5-6,8H2,1-2H3. The highest BCUT2D eigenvalue weighted by molar-refractivity contribution is 5.25. The summed E-state index contributed by atoms with van der Waals surface area (Å²) in [6, 6.07) is 4.59. The summed E-state index contributed by atoms with van der Waals surface area (Å²) in [6.45, 7) is 2.66. The maximum atomic E-state index is 13.0. The fraction of sp³-hybridized carbons (Fsp3) is 0.500. The largest absolute Gasteiger partial charge is 0.395 e. The van der Waals surface area contributed by atoms with Crippen LogP contribution in [-0.4, -0.2) is 41.9 Å². The molecule has 1 unspecified atom stereocenters. The zero-order valence-electron chi connectivity index (χ0n) is 9.65. The van der Waals surface area contributed by atoms with E-state index in [0.29, 0.717) is 24.2 Å². The fourth-order valence-electron chi connectivity index (χ4n) is 1.54. The lowest BCUT2D eigenvalue weighted by Gasteiger charge is -2.20. The molecule has 0 saturated heterocycles. The second-order valence-corrected chi connectivity index (χ2v) is 4.01. The van der Waals surface area contributed by atoms with E-state index in [0.717, 1.165) is 0 Å². The molecule has 0 aliphatic heterocycles. The van der Waals surface area contributed by atoms with E-state index in [-0.39, 0.29) is 12.4 Å². The zero-order chi connectivity index (χ0) is 12.1. The van der Waals surface area contributed by atoms with Crippen molar-refractivity contribution in [2.75, 3.05) is 26.7 Å². The van der Waals surface area contributed by atoms with Crippen molar-refractivity contribution in [1.82, 2.24) is 4.90 Å². The van der Waals surface area contributed by atoms with Crippen LogP contribution in [0.2, 0.25) is 0 Å². The van der Waals surface area contributed by atoms with Crippen LogP contribution in [0.3, 0.4) is 0 Å². The molecule has 0 aliphatic rings. The zero-order valence-corrected chi connectivity index (χ0v) is 9.65. The molecule has 2 N–H and O–H groups in total. The molecule has 0 fully saturated rings. The van der Waals surface area contributed by atoms with Gasteiger partial charge in [0.25, 0.3) is 0 Å². The SMILES string of the molecule is Cc1cc(C(O)CN(C)CCO)ccc1F. The van der Waals surface area contributed by atoms with Crippen LogP contribution in [0.15, 0.2) is 18.2 Å². The normalized spacial score (nSPS) is 13.1. The Labute approximate surface area is 95.1 Å². The van der Waals surface area contributed by atoms with Crippen LogP contribution in [0, 0.1) is 12.7 Å². The van der Waals surface area contributed by atoms with Gasteiger partial charge < -0.3 is 15.1 Å². The quantitative estimate of drug-likeness (QED) is 0.791. The molecule has 1 rings (SSSR count). The van der Waals surface area contributed by atoms with Gasteiger partial charge in [0.2, 0.25) is 0 Å².